The van der Waals surface area contributed by atoms with Crippen LogP contribution in [0.15, 0.2) is 0 Å². The maximum Gasteiger partial charge on any atom is 0.0601 e. The van der Waals surface area contributed by atoms with Crippen molar-refractivity contribution in [2.45, 2.75) is 46.1 Å². The molecule has 0 amide bonds. The monoisotopic (exact) mass is 179 g/mol. The van der Waals surface area contributed by atoms with Crippen LogP contribution in [-0.2, 0) is 0 Å². The fraction of sp³-hybridized carbons (Fsp3) is 0.833. The van der Waals surface area contributed by atoms with Gasteiger partial charge in [-0.2, -0.15) is 0 Å². The predicted molar refractivity (Wildman–Crippen MR) is 57.5 cm³/mol. The molecule has 0 aliphatic carbocycles. The minimum atomic E-state index is 0.372. The van der Waals surface area contributed by atoms with E-state index in [1.807, 2.05) is 0 Å². The van der Waals surface area contributed by atoms with Gasteiger partial charge >= 0.3 is 0 Å². The molecule has 1 rings (SSSR count). The van der Waals surface area contributed by atoms with E-state index >= 15 is 0 Å². The maximum atomic E-state index is 5.37. The van der Waals surface area contributed by atoms with Crippen LogP contribution in [0, 0.1) is 17.8 Å². The lowest BCUT2D eigenvalue weighted by molar-refractivity contribution is 0.0765. The molecule has 0 aromatic heterocycles. The Balaban J connectivity index is 2.63. The third-order valence-corrected chi connectivity index (χ3v) is 2.91. The predicted octanol–water partition coefficient (Wildman–Crippen LogP) is 2.52. The number of rotatable bonds is 1. The van der Waals surface area contributed by atoms with Crippen molar-refractivity contribution in [1.82, 2.24) is 4.90 Å². The third-order valence-electron chi connectivity index (χ3n) is 2.91. The van der Waals surface area contributed by atoms with E-state index in [0.29, 0.717) is 11.5 Å². The van der Waals surface area contributed by atoms with Crippen molar-refractivity contribution in [2.75, 3.05) is 13.1 Å². The van der Waals surface area contributed by atoms with Crippen LogP contribution in [-0.4, -0.2) is 24.0 Å². The van der Waals surface area contributed by atoms with Crippen molar-refractivity contribution in [2.24, 2.45) is 5.41 Å². The van der Waals surface area contributed by atoms with Crippen LogP contribution in [0.2, 0.25) is 0 Å². The van der Waals surface area contributed by atoms with E-state index in [0.717, 1.165) is 6.54 Å². The van der Waals surface area contributed by atoms with Crippen molar-refractivity contribution in [3.63, 3.8) is 0 Å². The fourth-order valence-corrected chi connectivity index (χ4v) is 2.28. The lowest BCUT2D eigenvalue weighted by atomic mass is 9.80. The second kappa shape index (κ2) is 4.15. The first kappa shape index (κ1) is 10.6. The molecule has 0 spiro atoms. The highest BCUT2D eigenvalue weighted by molar-refractivity contribution is 4.94. The summed E-state index contributed by atoms with van der Waals surface area (Å²) in [5.74, 6) is 2.77. The Morgan fingerprint density at radius 3 is 2.62 bits per heavy atom. The number of likely N-dealkylation sites (tertiary alicyclic amines) is 1. The molecule has 1 aliphatic heterocycles. The van der Waals surface area contributed by atoms with E-state index in [2.05, 4.69) is 31.6 Å². The van der Waals surface area contributed by atoms with Crippen molar-refractivity contribution in [3.8, 4) is 12.3 Å². The number of hydrogen-bond donors (Lipinski definition) is 0. The molecule has 1 nitrogen and oxygen atoms in total. The second-order valence-corrected chi connectivity index (χ2v) is 5.05. The zero-order chi connectivity index (χ0) is 9.90. The first-order valence-electron chi connectivity index (χ1n) is 5.23. The van der Waals surface area contributed by atoms with Gasteiger partial charge in [0.2, 0.25) is 0 Å². The Morgan fingerprint density at radius 2 is 2.08 bits per heavy atom. The molecule has 1 aliphatic rings. The molecule has 1 unspecified atom stereocenters. The van der Waals surface area contributed by atoms with Crippen molar-refractivity contribution >= 4 is 0 Å². The van der Waals surface area contributed by atoms with Crippen LogP contribution in [0.25, 0.3) is 0 Å². The number of piperidine rings is 1. The summed E-state index contributed by atoms with van der Waals surface area (Å²) in [5, 5.41) is 0. The van der Waals surface area contributed by atoms with Gasteiger partial charge in [0.15, 0.2) is 0 Å². The topological polar surface area (TPSA) is 3.24 Å². The average Bonchev–Trinajstić information content (AvgIpc) is 2.04. The summed E-state index contributed by atoms with van der Waals surface area (Å²) in [6.07, 6.45) is 9.36. The molecular formula is C12H21N. The summed E-state index contributed by atoms with van der Waals surface area (Å²) in [4.78, 5) is 2.46. The molecule has 0 N–H and O–H groups in total. The van der Waals surface area contributed by atoms with Gasteiger partial charge in [-0.1, -0.05) is 33.1 Å². The van der Waals surface area contributed by atoms with Gasteiger partial charge in [-0.25, -0.2) is 0 Å². The van der Waals surface area contributed by atoms with Gasteiger partial charge in [-0.15, -0.1) is 6.42 Å². The quantitative estimate of drug-likeness (QED) is 0.559. The Bertz CT molecular complexity index is 194. The molecule has 0 radical (unpaired) electrons. The molecule has 0 bridgehead atoms. The van der Waals surface area contributed by atoms with E-state index in [-0.39, 0.29) is 0 Å². The van der Waals surface area contributed by atoms with Crippen LogP contribution in [0.1, 0.15) is 40.0 Å². The van der Waals surface area contributed by atoms with Gasteiger partial charge in [0.25, 0.3) is 0 Å². The van der Waals surface area contributed by atoms with Gasteiger partial charge < -0.3 is 0 Å². The second-order valence-electron chi connectivity index (χ2n) is 5.05. The molecule has 0 saturated carbocycles. The van der Waals surface area contributed by atoms with Crippen LogP contribution >= 0.6 is 0 Å². The van der Waals surface area contributed by atoms with Crippen molar-refractivity contribution in [3.05, 3.63) is 0 Å². The van der Waals surface area contributed by atoms with E-state index in [1.165, 1.54) is 25.8 Å². The van der Waals surface area contributed by atoms with Gasteiger partial charge in [0.1, 0.15) is 0 Å². The number of hydrogen-bond acceptors (Lipinski definition) is 1. The Labute approximate surface area is 82.5 Å². The van der Waals surface area contributed by atoms with Gasteiger partial charge in [-0.05, 0) is 24.8 Å². The molecular weight excluding hydrogens is 158 g/mol. The summed E-state index contributed by atoms with van der Waals surface area (Å²) < 4.78 is 0. The number of nitrogens with zero attached hydrogens (tertiary/aromatic N) is 1. The van der Waals surface area contributed by atoms with Gasteiger partial charge in [0.05, 0.1) is 6.54 Å². The molecule has 1 fully saturated rings. The van der Waals surface area contributed by atoms with Gasteiger partial charge in [-0.3, -0.25) is 4.90 Å². The average molecular weight is 179 g/mol. The van der Waals surface area contributed by atoms with E-state index in [9.17, 15) is 0 Å². The lowest BCUT2D eigenvalue weighted by Crippen LogP contribution is -2.47. The zero-order valence-corrected chi connectivity index (χ0v) is 9.14. The number of terminal acetylenes is 1. The first-order valence-corrected chi connectivity index (χ1v) is 5.23. The molecule has 74 valence electrons. The SMILES string of the molecule is C#CCN1CCCCC1C(C)(C)C. The standard InChI is InChI=1S/C12H21N/c1-5-9-13-10-7-6-8-11(13)12(2,3)4/h1,11H,6-10H2,2-4H3. The summed E-state index contributed by atoms with van der Waals surface area (Å²) >= 11 is 0. The van der Waals surface area contributed by atoms with Crippen LogP contribution < -0.4 is 0 Å². The van der Waals surface area contributed by atoms with Gasteiger partial charge in [0, 0.05) is 6.04 Å². The van der Waals surface area contributed by atoms with Crippen LogP contribution in [0.5, 0.6) is 0 Å². The molecule has 1 atom stereocenters. The summed E-state index contributed by atoms with van der Waals surface area (Å²) in [5.41, 5.74) is 0.372. The lowest BCUT2D eigenvalue weighted by Gasteiger charge is -2.42. The minimum absolute atomic E-state index is 0.372. The van der Waals surface area contributed by atoms with Crippen molar-refractivity contribution in [1.29, 1.82) is 0 Å². The molecule has 0 aromatic carbocycles. The smallest absolute Gasteiger partial charge is 0.0601 e. The molecule has 1 heteroatoms. The normalized spacial score (nSPS) is 25.5. The largest absolute Gasteiger partial charge is 0.289 e. The Kier molecular flexibility index (Phi) is 3.39. The third kappa shape index (κ3) is 2.74. The highest BCUT2D eigenvalue weighted by Crippen LogP contribution is 2.31. The molecule has 1 saturated heterocycles. The molecule has 13 heavy (non-hydrogen) atoms. The van der Waals surface area contributed by atoms with Crippen LogP contribution in [0.4, 0.5) is 0 Å². The summed E-state index contributed by atoms with van der Waals surface area (Å²) in [7, 11) is 0. The molecule has 1 heterocycles. The first-order chi connectivity index (χ1) is 6.05. The summed E-state index contributed by atoms with van der Waals surface area (Å²) in [6, 6.07) is 0.678. The van der Waals surface area contributed by atoms with E-state index in [1.54, 1.807) is 0 Å². The van der Waals surface area contributed by atoms with E-state index in [4.69, 9.17) is 6.42 Å². The highest BCUT2D eigenvalue weighted by Gasteiger charge is 2.31. The zero-order valence-electron chi connectivity index (χ0n) is 9.14. The maximum absolute atomic E-state index is 5.37. The Morgan fingerprint density at radius 1 is 1.38 bits per heavy atom. The van der Waals surface area contributed by atoms with Crippen LogP contribution in [0.3, 0.4) is 0 Å². The van der Waals surface area contributed by atoms with E-state index < -0.39 is 0 Å². The molecule has 0 aromatic rings. The highest BCUT2D eigenvalue weighted by atomic mass is 15.2. The Hall–Kier alpha value is -0.480. The summed E-state index contributed by atoms with van der Waals surface area (Å²) in [6.45, 7) is 8.94. The fourth-order valence-electron chi connectivity index (χ4n) is 2.28. The van der Waals surface area contributed by atoms with Crippen molar-refractivity contribution < 1.29 is 0 Å². The minimum Gasteiger partial charge on any atom is -0.289 e.